The van der Waals surface area contributed by atoms with Crippen LogP contribution in [0.25, 0.3) is 0 Å². The van der Waals surface area contributed by atoms with E-state index in [1.165, 1.54) is 0 Å². The van der Waals surface area contributed by atoms with E-state index >= 15 is 0 Å². The third kappa shape index (κ3) is 4.03. The Morgan fingerprint density at radius 1 is 1.19 bits per heavy atom. The minimum atomic E-state index is -0.333. The lowest BCUT2D eigenvalue weighted by Crippen LogP contribution is -2.23. The second-order valence-electron chi connectivity index (χ2n) is 4.75. The maximum atomic E-state index is 11.1. The van der Waals surface area contributed by atoms with Gasteiger partial charge in [-0.2, -0.15) is 0 Å². The van der Waals surface area contributed by atoms with Crippen molar-refractivity contribution in [3.8, 4) is 0 Å². The lowest BCUT2D eigenvalue weighted by molar-refractivity contribution is -0.385. The van der Waals surface area contributed by atoms with Gasteiger partial charge in [0.1, 0.15) is 0 Å². The molecule has 1 N–H and O–H groups in total. The van der Waals surface area contributed by atoms with Gasteiger partial charge in [0.05, 0.1) is 4.92 Å². The number of rotatable bonds is 6. The van der Waals surface area contributed by atoms with Gasteiger partial charge in [-0.05, 0) is 30.7 Å². The number of nitrogens with zero attached hydrogens (tertiary/aromatic N) is 1. The molecule has 0 saturated heterocycles. The quantitative estimate of drug-likeness (QED) is 0.644. The van der Waals surface area contributed by atoms with Gasteiger partial charge in [0.2, 0.25) is 0 Å². The molecule has 0 heterocycles. The number of hydrogen-bond acceptors (Lipinski definition) is 3. The van der Waals surface area contributed by atoms with E-state index < -0.39 is 0 Å². The van der Waals surface area contributed by atoms with Crippen LogP contribution >= 0.6 is 11.6 Å². The first-order valence-electron chi connectivity index (χ1n) is 6.83. The third-order valence-corrected chi connectivity index (χ3v) is 3.59. The maximum absolute atomic E-state index is 11.1. The van der Waals surface area contributed by atoms with Crippen LogP contribution in [0.4, 0.5) is 5.69 Å². The van der Waals surface area contributed by atoms with Gasteiger partial charge in [-0.1, -0.05) is 48.9 Å². The van der Waals surface area contributed by atoms with Crippen molar-refractivity contribution in [1.29, 1.82) is 0 Å². The zero-order valence-corrected chi connectivity index (χ0v) is 12.5. The van der Waals surface area contributed by atoms with Gasteiger partial charge in [0.15, 0.2) is 0 Å². The number of halogens is 1. The number of hydrogen-bond donors (Lipinski definition) is 1. The van der Waals surface area contributed by atoms with Crippen molar-refractivity contribution >= 4 is 17.3 Å². The molecule has 2 rings (SSSR count). The largest absolute Gasteiger partial charge is 0.310 e. The average Bonchev–Trinajstić information content (AvgIpc) is 2.48. The van der Waals surface area contributed by atoms with Crippen molar-refractivity contribution in [2.75, 3.05) is 6.54 Å². The molecule has 0 amide bonds. The van der Waals surface area contributed by atoms with Crippen molar-refractivity contribution < 1.29 is 4.92 Å². The molecule has 0 radical (unpaired) electrons. The average molecular weight is 305 g/mol. The van der Waals surface area contributed by atoms with E-state index in [0.29, 0.717) is 11.4 Å². The summed E-state index contributed by atoms with van der Waals surface area (Å²) in [5.74, 6) is 0. The zero-order valence-electron chi connectivity index (χ0n) is 11.8. The fourth-order valence-corrected chi connectivity index (χ4v) is 2.46. The summed E-state index contributed by atoms with van der Waals surface area (Å²) >= 11 is 5.91. The Labute approximate surface area is 128 Å². The molecule has 0 aromatic heterocycles. The summed E-state index contributed by atoms with van der Waals surface area (Å²) in [7, 11) is 0. The van der Waals surface area contributed by atoms with E-state index in [-0.39, 0.29) is 16.7 Å². The molecule has 1 atom stereocenters. The first-order valence-corrected chi connectivity index (χ1v) is 7.20. The SMILES string of the molecule is CCNC(Cc1ccccc1[N+](=O)[O-])c1ccc(Cl)cc1. The van der Waals surface area contributed by atoms with Crippen LogP contribution in [-0.4, -0.2) is 11.5 Å². The van der Waals surface area contributed by atoms with E-state index in [1.807, 2.05) is 37.3 Å². The fourth-order valence-electron chi connectivity index (χ4n) is 2.33. The Morgan fingerprint density at radius 3 is 2.48 bits per heavy atom. The third-order valence-electron chi connectivity index (χ3n) is 3.34. The highest BCUT2D eigenvalue weighted by atomic mass is 35.5. The molecule has 21 heavy (non-hydrogen) atoms. The second-order valence-corrected chi connectivity index (χ2v) is 5.19. The van der Waals surface area contributed by atoms with Crippen LogP contribution in [0.5, 0.6) is 0 Å². The van der Waals surface area contributed by atoms with E-state index in [0.717, 1.165) is 17.7 Å². The predicted molar refractivity (Wildman–Crippen MR) is 84.7 cm³/mol. The molecule has 2 aromatic rings. The van der Waals surface area contributed by atoms with Gasteiger partial charge in [-0.25, -0.2) is 0 Å². The summed E-state index contributed by atoms with van der Waals surface area (Å²) < 4.78 is 0. The second kappa shape index (κ2) is 7.20. The summed E-state index contributed by atoms with van der Waals surface area (Å²) in [6.45, 7) is 2.80. The number of nitro groups is 1. The molecule has 0 aliphatic carbocycles. The van der Waals surface area contributed by atoms with Crippen molar-refractivity contribution in [3.05, 3.63) is 74.8 Å². The van der Waals surface area contributed by atoms with Crippen LogP contribution in [0.3, 0.4) is 0 Å². The summed E-state index contributed by atoms with van der Waals surface area (Å²) in [5, 5.41) is 15.2. The van der Waals surface area contributed by atoms with Crippen molar-refractivity contribution in [2.24, 2.45) is 0 Å². The van der Waals surface area contributed by atoms with Gasteiger partial charge in [-0.3, -0.25) is 10.1 Å². The van der Waals surface area contributed by atoms with Gasteiger partial charge < -0.3 is 5.32 Å². The fraction of sp³-hybridized carbons (Fsp3) is 0.250. The van der Waals surface area contributed by atoms with E-state index in [2.05, 4.69) is 5.32 Å². The van der Waals surface area contributed by atoms with Gasteiger partial charge in [-0.15, -0.1) is 0 Å². The minimum Gasteiger partial charge on any atom is -0.310 e. The Kier molecular flexibility index (Phi) is 5.31. The molecule has 2 aromatic carbocycles. The first kappa shape index (κ1) is 15.5. The molecular weight excluding hydrogens is 288 g/mol. The topological polar surface area (TPSA) is 55.2 Å². The molecule has 0 aliphatic rings. The van der Waals surface area contributed by atoms with E-state index in [4.69, 9.17) is 11.6 Å². The normalized spacial score (nSPS) is 12.1. The predicted octanol–water partition coefficient (Wildman–Crippen LogP) is 4.14. The molecule has 0 saturated carbocycles. The molecule has 0 aliphatic heterocycles. The van der Waals surface area contributed by atoms with Crippen LogP contribution in [0.15, 0.2) is 48.5 Å². The summed E-state index contributed by atoms with van der Waals surface area (Å²) in [5.41, 5.74) is 1.96. The lowest BCUT2D eigenvalue weighted by Gasteiger charge is -2.18. The van der Waals surface area contributed by atoms with E-state index in [9.17, 15) is 10.1 Å². The molecule has 1 unspecified atom stereocenters. The van der Waals surface area contributed by atoms with Crippen LogP contribution in [0.1, 0.15) is 24.1 Å². The van der Waals surface area contributed by atoms with Crippen molar-refractivity contribution in [1.82, 2.24) is 5.32 Å². The van der Waals surface area contributed by atoms with Gasteiger partial charge in [0, 0.05) is 22.7 Å². The maximum Gasteiger partial charge on any atom is 0.272 e. The Balaban J connectivity index is 2.28. The summed E-state index contributed by atoms with van der Waals surface area (Å²) in [6.07, 6.45) is 0.562. The molecular formula is C16H17ClN2O2. The summed E-state index contributed by atoms with van der Waals surface area (Å²) in [6, 6.07) is 14.4. The summed E-state index contributed by atoms with van der Waals surface area (Å²) in [4.78, 5) is 10.8. The molecule has 4 nitrogen and oxygen atoms in total. The van der Waals surface area contributed by atoms with Crippen LogP contribution in [0, 0.1) is 10.1 Å². The van der Waals surface area contributed by atoms with Crippen LogP contribution < -0.4 is 5.32 Å². The van der Waals surface area contributed by atoms with Gasteiger partial charge in [0.25, 0.3) is 5.69 Å². The van der Waals surface area contributed by atoms with Crippen molar-refractivity contribution in [2.45, 2.75) is 19.4 Å². The lowest BCUT2D eigenvalue weighted by atomic mass is 9.98. The zero-order chi connectivity index (χ0) is 15.2. The molecule has 0 fully saturated rings. The molecule has 0 bridgehead atoms. The number of nitro benzene ring substituents is 1. The number of nitrogens with one attached hydrogen (secondary N) is 1. The highest BCUT2D eigenvalue weighted by molar-refractivity contribution is 6.30. The number of likely N-dealkylation sites (N-methyl/N-ethyl adjacent to an activating group) is 1. The standard InChI is InChI=1S/C16H17ClN2O2/c1-2-18-15(12-7-9-14(17)10-8-12)11-13-5-3-4-6-16(13)19(20)21/h3-10,15,18H,2,11H2,1H3. The Bertz CT molecular complexity index is 614. The van der Waals surface area contributed by atoms with E-state index in [1.54, 1.807) is 18.2 Å². The molecule has 5 heteroatoms. The van der Waals surface area contributed by atoms with Crippen LogP contribution in [0.2, 0.25) is 5.02 Å². The number of benzene rings is 2. The Hall–Kier alpha value is -1.91. The highest BCUT2D eigenvalue weighted by Gasteiger charge is 2.18. The van der Waals surface area contributed by atoms with Crippen molar-refractivity contribution in [3.63, 3.8) is 0 Å². The van der Waals surface area contributed by atoms with Crippen LogP contribution in [-0.2, 0) is 6.42 Å². The molecule has 0 spiro atoms. The highest BCUT2D eigenvalue weighted by Crippen LogP contribution is 2.25. The first-order chi connectivity index (χ1) is 10.1. The number of para-hydroxylation sites is 1. The van der Waals surface area contributed by atoms with Gasteiger partial charge >= 0.3 is 0 Å². The molecule has 110 valence electrons. The Morgan fingerprint density at radius 2 is 1.86 bits per heavy atom. The monoisotopic (exact) mass is 304 g/mol. The minimum absolute atomic E-state index is 0.0216. The smallest absolute Gasteiger partial charge is 0.272 e.